The fourth-order valence-corrected chi connectivity index (χ4v) is 2.83. The lowest BCUT2D eigenvalue weighted by molar-refractivity contribution is 0.180. The summed E-state index contributed by atoms with van der Waals surface area (Å²) in [4.78, 5) is 0. The Bertz CT molecular complexity index is 168. The molecule has 1 N–H and O–H groups in total. The molecule has 1 fully saturated rings. The van der Waals surface area contributed by atoms with Crippen molar-refractivity contribution in [2.24, 2.45) is 17.8 Å². The summed E-state index contributed by atoms with van der Waals surface area (Å²) >= 11 is 0. The summed E-state index contributed by atoms with van der Waals surface area (Å²) in [6.45, 7) is 11.8. The van der Waals surface area contributed by atoms with Crippen LogP contribution in [0.1, 0.15) is 60.3 Å². The van der Waals surface area contributed by atoms with E-state index in [1.54, 1.807) is 0 Å². The second-order valence-corrected chi connectivity index (χ2v) is 5.75. The summed E-state index contributed by atoms with van der Waals surface area (Å²) in [5, 5.41) is 3.87. The Balaban J connectivity index is 2.47. The Morgan fingerprint density at radius 3 is 2.13 bits per heavy atom. The first kappa shape index (κ1) is 13.0. The average Bonchev–Trinajstić information content (AvgIpc) is 2.22. The first-order valence-electron chi connectivity index (χ1n) is 6.82. The van der Waals surface area contributed by atoms with E-state index in [4.69, 9.17) is 0 Å². The van der Waals surface area contributed by atoms with Gasteiger partial charge in [-0.25, -0.2) is 0 Å². The minimum absolute atomic E-state index is 0.669. The Labute approximate surface area is 96.0 Å². The van der Waals surface area contributed by atoms with Gasteiger partial charge in [-0.3, -0.25) is 0 Å². The highest BCUT2D eigenvalue weighted by atomic mass is 15.0. The molecule has 0 bridgehead atoms. The van der Waals surface area contributed by atoms with Crippen molar-refractivity contribution in [3.63, 3.8) is 0 Å². The smallest absolute Gasteiger partial charge is 0.0121 e. The first-order chi connectivity index (χ1) is 7.06. The molecule has 0 aromatic heterocycles. The zero-order chi connectivity index (χ0) is 11.4. The zero-order valence-electron chi connectivity index (χ0n) is 11.2. The highest BCUT2D eigenvalue weighted by Crippen LogP contribution is 2.29. The topological polar surface area (TPSA) is 12.0 Å². The van der Waals surface area contributed by atoms with Gasteiger partial charge in [0.05, 0.1) is 0 Å². The predicted octanol–water partition coefficient (Wildman–Crippen LogP) is 3.84. The molecule has 0 heterocycles. The Hall–Kier alpha value is -0.0400. The van der Waals surface area contributed by atoms with Gasteiger partial charge < -0.3 is 5.32 Å². The molecule has 0 amide bonds. The van der Waals surface area contributed by atoms with E-state index < -0.39 is 0 Å². The molecule has 1 aliphatic rings. The van der Waals surface area contributed by atoms with Crippen molar-refractivity contribution in [2.45, 2.75) is 72.4 Å². The van der Waals surface area contributed by atoms with E-state index in [9.17, 15) is 0 Å². The van der Waals surface area contributed by atoms with Gasteiger partial charge in [-0.15, -0.1) is 0 Å². The minimum atomic E-state index is 0.669. The molecule has 90 valence electrons. The quantitative estimate of drug-likeness (QED) is 0.745. The molecule has 0 radical (unpaired) electrons. The number of hydrogen-bond donors (Lipinski definition) is 1. The number of hydrogen-bond acceptors (Lipinski definition) is 1. The van der Waals surface area contributed by atoms with Gasteiger partial charge in [0.2, 0.25) is 0 Å². The largest absolute Gasteiger partial charge is 0.311 e. The van der Waals surface area contributed by atoms with Crippen LogP contribution in [-0.4, -0.2) is 12.1 Å². The molecule has 0 aromatic rings. The van der Waals surface area contributed by atoms with Crippen molar-refractivity contribution in [3.8, 4) is 0 Å². The normalized spacial score (nSPS) is 36.2. The molecule has 0 spiro atoms. The van der Waals surface area contributed by atoms with Crippen LogP contribution >= 0.6 is 0 Å². The Kier molecular flexibility index (Phi) is 5.11. The summed E-state index contributed by atoms with van der Waals surface area (Å²) in [6, 6.07) is 1.42. The van der Waals surface area contributed by atoms with Crippen LogP contribution in [0.15, 0.2) is 0 Å². The van der Waals surface area contributed by atoms with E-state index in [0.717, 1.165) is 23.8 Å². The van der Waals surface area contributed by atoms with E-state index >= 15 is 0 Å². The third-order valence-corrected chi connectivity index (χ3v) is 4.50. The van der Waals surface area contributed by atoms with Crippen LogP contribution in [0.25, 0.3) is 0 Å². The molecular formula is C14H29N. The van der Waals surface area contributed by atoms with Gasteiger partial charge >= 0.3 is 0 Å². The molecule has 1 heteroatoms. The summed E-state index contributed by atoms with van der Waals surface area (Å²) in [5.74, 6) is 2.52. The zero-order valence-corrected chi connectivity index (χ0v) is 11.2. The van der Waals surface area contributed by atoms with Crippen LogP contribution in [0.4, 0.5) is 0 Å². The van der Waals surface area contributed by atoms with E-state index in [1.165, 1.54) is 25.7 Å². The fourth-order valence-electron chi connectivity index (χ4n) is 2.83. The maximum absolute atomic E-state index is 3.87. The molecule has 0 aromatic carbocycles. The van der Waals surface area contributed by atoms with Crippen LogP contribution < -0.4 is 5.32 Å². The molecule has 1 aliphatic carbocycles. The highest BCUT2D eigenvalue weighted by Gasteiger charge is 2.29. The maximum Gasteiger partial charge on any atom is 0.0121 e. The van der Waals surface area contributed by atoms with Crippen LogP contribution in [-0.2, 0) is 0 Å². The Morgan fingerprint density at radius 1 is 1.13 bits per heavy atom. The lowest BCUT2D eigenvalue weighted by atomic mass is 9.78. The van der Waals surface area contributed by atoms with Gasteiger partial charge in [-0.2, -0.15) is 0 Å². The standard InChI is InChI=1S/C14H29N/c1-6-10(2)13(5)15-14-11(3)8-7-9-12(14)4/h10-15H,6-9H2,1-5H3. The third kappa shape index (κ3) is 3.48. The minimum Gasteiger partial charge on any atom is -0.311 e. The van der Waals surface area contributed by atoms with Crippen LogP contribution in [0.5, 0.6) is 0 Å². The van der Waals surface area contributed by atoms with Crippen molar-refractivity contribution in [1.29, 1.82) is 0 Å². The first-order valence-corrected chi connectivity index (χ1v) is 6.82. The maximum atomic E-state index is 3.87. The number of nitrogens with one attached hydrogen (secondary N) is 1. The average molecular weight is 211 g/mol. The van der Waals surface area contributed by atoms with Gasteiger partial charge in [-0.1, -0.05) is 40.5 Å². The van der Waals surface area contributed by atoms with Crippen molar-refractivity contribution in [3.05, 3.63) is 0 Å². The molecule has 0 saturated heterocycles. The molecule has 4 unspecified atom stereocenters. The van der Waals surface area contributed by atoms with Gasteiger partial charge in [0.15, 0.2) is 0 Å². The molecule has 1 saturated carbocycles. The lowest BCUT2D eigenvalue weighted by Gasteiger charge is -2.38. The summed E-state index contributed by atoms with van der Waals surface area (Å²) in [6.07, 6.45) is 5.53. The molecule has 0 aliphatic heterocycles. The molecule has 15 heavy (non-hydrogen) atoms. The monoisotopic (exact) mass is 211 g/mol. The molecule has 1 nitrogen and oxygen atoms in total. The van der Waals surface area contributed by atoms with Gasteiger partial charge in [-0.05, 0) is 37.5 Å². The fraction of sp³-hybridized carbons (Fsp3) is 1.00. The molecule has 4 atom stereocenters. The summed E-state index contributed by atoms with van der Waals surface area (Å²) < 4.78 is 0. The van der Waals surface area contributed by atoms with Crippen LogP contribution in [0.2, 0.25) is 0 Å². The highest BCUT2D eigenvalue weighted by molar-refractivity contribution is 4.85. The lowest BCUT2D eigenvalue weighted by Crippen LogP contribution is -2.48. The van der Waals surface area contributed by atoms with E-state index in [-0.39, 0.29) is 0 Å². The molecular weight excluding hydrogens is 182 g/mol. The molecule has 1 rings (SSSR count). The van der Waals surface area contributed by atoms with Crippen molar-refractivity contribution in [1.82, 2.24) is 5.32 Å². The second-order valence-electron chi connectivity index (χ2n) is 5.75. The number of rotatable bonds is 4. The van der Waals surface area contributed by atoms with Crippen molar-refractivity contribution >= 4 is 0 Å². The van der Waals surface area contributed by atoms with Crippen LogP contribution in [0.3, 0.4) is 0 Å². The SMILES string of the molecule is CCC(C)C(C)NC1C(C)CCCC1C. The third-order valence-electron chi connectivity index (χ3n) is 4.50. The summed E-state index contributed by atoms with van der Waals surface area (Å²) in [5.41, 5.74) is 0. The predicted molar refractivity (Wildman–Crippen MR) is 68.0 cm³/mol. The Morgan fingerprint density at radius 2 is 1.67 bits per heavy atom. The van der Waals surface area contributed by atoms with E-state index in [1.807, 2.05) is 0 Å². The van der Waals surface area contributed by atoms with Crippen LogP contribution in [0, 0.1) is 17.8 Å². The van der Waals surface area contributed by atoms with Crippen molar-refractivity contribution in [2.75, 3.05) is 0 Å². The van der Waals surface area contributed by atoms with E-state index in [0.29, 0.717) is 6.04 Å². The summed E-state index contributed by atoms with van der Waals surface area (Å²) in [7, 11) is 0. The van der Waals surface area contributed by atoms with Gasteiger partial charge in [0.25, 0.3) is 0 Å². The van der Waals surface area contributed by atoms with Crippen molar-refractivity contribution < 1.29 is 0 Å². The van der Waals surface area contributed by atoms with Gasteiger partial charge in [0, 0.05) is 12.1 Å². The van der Waals surface area contributed by atoms with Gasteiger partial charge in [0.1, 0.15) is 0 Å². The second kappa shape index (κ2) is 5.89. The van der Waals surface area contributed by atoms with E-state index in [2.05, 4.69) is 39.9 Å².